The van der Waals surface area contributed by atoms with Crippen LogP contribution in [0.3, 0.4) is 0 Å². The molecule has 1 saturated carbocycles. The molecule has 1 saturated heterocycles. The van der Waals surface area contributed by atoms with Crippen molar-refractivity contribution in [1.82, 2.24) is 15.0 Å². The van der Waals surface area contributed by atoms with Gasteiger partial charge in [-0.1, -0.05) is 30.5 Å². The average molecular weight is 476 g/mol. The summed E-state index contributed by atoms with van der Waals surface area (Å²) in [4.78, 5) is 21.6. The summed E-state index contributed by atoms with van der Waals surface area (Å²) in [6.45, 7) is 4.83. The largest absolute Gasteiger partial charge is 0.495 e. The van der Waals surface area contributed by atoms with Crippen LogP contribution < -0.4 is 15.0 Å². The molecule has 2 amide bonds. The average Bonchev–Trinajstić information content (AvgIpc) is 3.40. The van der Waals surface area contributed by atoms with E-state index in [2.05, 4.69) is 32.5 Å². The second kappa shape index (κ2) is 10.4. The predicted molar refractivity (Wildman–Crippen MR) is 136 cm³/mol. The van der Waals surface area contributed by atoms with Crippen molar-refractivity contribution in [2.45, 2.75) is 44.9 Å². The lowest BCUT2D eigenvalue weighted by Crippen LogP contribution is -2.50. The van der Waals surface area contributed by atoms with Crippen LogP contribution in [-0.4, -0.2) is 54.4 Å². The zero-order chi connectivity index (χ0) is 24.2. The number of benzene rings is 2. The molecule has 2 aromatic carbocycles. The first-order valence-electron chi connectivity index (χ1n) is 12.5. The Hall–Kier alpha value is -3.55. The standard InChI is InChI=1S/C27H33N5O3/c1-19-8-13-24(34-2)23(18-19)28-27(33)32-16-14-31(15-17-32)22-11-9-20(10-12-22)25-29-26(35-30-25)21-6-4-3-5-7-21/h8-13,18,21H,3-7,14-17H2,1-2H3,(H,28,33). The zero-order valence-electron chi connectivity index (χ0n) is 20.5. The number of hydrogen-bond donors (Lipinski definition) is 1. The summed E-state index contributed by atoms with van der Waals surface area (Å²) in [6.07, 6.45) is 6.07. The van der Waals surface area contributed by atoms with Gasteiger partial charge in [0.15, 0.2) is 0 Å². The molecule has 0 unspecified atom stereocenters. The molecule has 2 heterocycles. The Morgan fingerprint density at radius 3 is 2.49 bits per heavy atom. The van der Waals surface area contributed by atoms with Gasteiger partial charge in [0.1, 0.15) is 5.75 Å². The third-order valence-electron chi connectivity index (χ3n) is 7.05. The van der Waals surface area contributed by atoms with Gasteiger partial charge in [-0.3, -0.25) is 0 Å². The zero-order valence-corrected chi connectivity index (χ0v) is 20.5. The minimum Gasteiger partial charge on any atom is -0.495 e. The lowest BCUT2D eigenvalue weighted by Gasteiger charge is -2.36. The Labute approximate surface area is 206 Å². The van der Waals surface area contributed by atoms with Gasteiger partial charge >= 0.3 is 6.03 Å². The quantitative estimate of drug-likeness (QED) is 0.528. The van der Waals surface area contributed by atoms with Gasteiger partial charge in [0.25, 0.3) is 0 Å². The van der Waals surface area contributed by atoms with Gasteiger partial charge < -0.3 is 24.4 Å². The number of methoxy groups -OCH3 is 1. The molecule has 35 heavy (non-hydrogen) atoms. The van der Waals surface area contributed by atoms with E-state index >= 15 is 0 Å². The van der Waals surface area contributed by atoms with E-state index in [1.165, 1.54) is 19.3 Å². The number of urea groups is 1. The maximum atomic E-state index is 12.8. The molecule has 1 N–H and O–H groups in total. The number of nitrogens with one attached hydrogen (secondary N) is 1. The highest BCUT2D eigenvalue weighted by Gasteiger charge is 2.24. The minimum atomic E-state index is -0.102. The normalized spacial score (nSPS) is 16.9. The molecule has 0 radical (unpaired) electrons. The second-order valence-electron chi connectivity index (χ2n) is 9.45. The number of ether oxygens (including phenoxy) is 1. The van der Waals surface area contributed by atoms with Gasteiger partial charge in [-0.25, -0.2) is 4.79 Å². The van der Waals surface area contributed by atoms with Crippen LogP contribution in [0.15, 0.2) is 47.0 Å². The van der Waals surface area contributed by atoms with Crippen LogP contribution in [0.2, 0.25) is 0 Å². The van der Waals surface area contributed by atoms with Crippen molar-refractivity contribution in [1.29, 1.82) is 0 Å². The van der Waals surface area contributed by atoms with Crippen molar-refractivity contribution in [3.8, 4) is 17.1 Å². The number of anilines is 2. The SMILES string of the molecule is COc1ccc(C)cc1NC(=O)N1CCN(c2ccc(-c3noc(C4CCCCC4)n3)cc2)CC1. The molecular weight excluding hydrogens is 442 g/mol. The van der Waals surface area contributed by atoms with Gasteiger partial charge in [0.05, 0.1) is 12.8 Å². The Morgan fingerprint density at radius 1 is 1.03 bits per heavy atom. The fourth-order valence-electron chi connectivity index (χ4n) is 4.97. The molecule has 1 aromatic heterocycles. The van der Waals surface area contributed by atoms with Crippen LogP contribution in [0.1, 0.15) is 49.5 Å². The van der Waals surface area contributed by atoms with Crippen molar-refractivity contribution < 1.29 is 14.1 Å². The van der Waals surface area contributed by atoms with Gasteiger partial charge in [0.2, 0.25) is 11.7 Å². The monoisotopic (exact) mass is 475 g/mol. The van der Waals surface area contributed by atoms with E-state index in [9.17, 15) is 4.79 Å². The molecule has 0 spiro atoms. The van der Waals surface area contributed by atoms with Crippen molar-refractivity contribution in [2.24, 2.45) is 0 Å². The molecular formula is C27H33N5O3. The van der Waals surface area contributed by atoms with Gasteiger partial charge in [-0.15, -0.1) is 0 Å². The Morgan fingerprint density at radius 2 is 1.77 bits per heavy atom. The van der Waals surface area contributed by atoms with E-state index in [0.717, 1.165) is 48.6 Å². The van der Waals surface area contributed by atoms with Crippen LogP contribution in [0.5, 0.6) is 5.75 Å². The third-order valence-corrected chi connectivity index (χ3v) is 7.05. The molecule has 5 rings (SSSR count). The van der Waals surface area contributed by atoms with Crippen molar-refractivity contribution >= 4 is 17.4 Å². The number of carbonyl (C=O) groups excluding carboxylic acids is 1. The third kappa shape index (κ3) is 5.26. The fourth-order valence-corrected chi connectivity index (χ4v) is 4.97. The van der Waals surface area contributed by atoms with E-state index in [0.29, 0.717) is 36.3 Å². The van der Waals surface area contributed by atoms with Crippen LogP contribution in [0.4, 0.5) is 16.2 Å². The Kier molecular flexibility index (Phi) is 6.88. The molecule has 2 fully saturated rings. The number of rotatable bonds is 5. The topological polar surface area (TPSA) is 83.7 Å². The maximum Gasteiger partial charge on any atom is 0.322 e. The van der Waals surface area contributed by atoms with E-state index in [1.807, 2.05) is 42.2 Å². The molecule has 1 aliphatic carbocycles. The summed E-state index contributed by atoms with van der Waals surface area (Å²) in [5.41, 5.74) is 3.86. The molecule has 3 aromatic rings. The van der Waals surface area contributed by atoms with Crippen LogP contribution in [0.25, 0.3) is 11.4 Å². The lowest BCUT2D eigenvalue weighted by molar-refractivity contribution is 0.208. The molecule has 2 aliphatic rings. The Bertz CT molecular complexity index is 1150. The molecule has 0 atom stereocenters. The summed E-state index contributed by atoms with van der Waals surface area (Å²) in [7, 11) is 1.61. The van der Waals surface area contributed by atoms with Crippen molar-refractivity contribution in [2.75, 3.05) is 43.5 Å². The minimum absolute atomic E-state index is 0.102. The van der Waals surface area contributed by atoms with Gasteiger partial charge in [-0.2, -0.15) is 4.98 Å². The number of amides is 2. The second-order valence-corrected chi connectivity index (χ2v) is 9.45. The van der Waals surface area contributed by atoms with Crippen molar-refractivity contribution in [3.05, 3.63) is 53.9 Å². The summed E-state index contributed by atoms with van der Waals surface area (Å²) < 4.78 is 11.0. The number of aryl methyl sites for hydroxylation is 1. The highest BCUT2D eigenvalue weighted by molar-refractivity contribution is 5.91. The van der Waals surface area contributed by atoms with E-state index < -0.39 is 0 Å². The van der Waals surface area contributed by atoms with Gasteiger partial charge in [0, 0.05) is 43.3 Å². The number of hydrogen-bond acceptors (Lipinski definition) is 6. The first kappa shape index (κ1) is 23.2. The van der Waals surface area contributed by atoms with Gasteiger partial charge in [-0.05, 0) is 61.7 Å². The highest BCUT2D eigenvalue weighted by Crippen LogP contribution is 2.33. The first-order chi connectivity index (χ1) is 17.1. The van der Waals surface area contributed by atoms with E-state index in [-0.39, 0.29) is 6.03 Å². The number of aromatic nitrogens is 2. The number of carbonyl (C=O) groups is 1. The van der Waals surface area contributed by atoms with Crippen molar-refractivity contribution in [3.63, 3.8) is 0 Å². The summed E-state index contributed by atoms with van der Waals surface area (Å²) in [6, 6.07) is 14.0. The van der Waals surface area contributed by atoms with E-state index in [1.54, 1.807) is 7.11 Å². The summed E-state index contributed by atoms with van der Waals surface area (Å²) in [5.74, 6) is 2.51. The van der Waals surface area contributed by atoms with E-state index in [4.69, 9.17) is 9.26 Å². The molecule has 184 valence electrons. The number of piperazine rings is 1. The number of nitrogens with zero attached hydrogens (tertiary/aromatic N) is 4. The smallest absolute Gasteiger partial charge is 0.322 e. The highest BCUT2D eigenvalue weighted by atomic mass is 16.5. The fraction of sp³-hybridized carbons (Fsp3) is 0.444. The summed E-state index contributed by atoms with van der Waals surface area (Å²) >= 11 is 0. The predicted octanol–water partition coefficient (Wildman–Crippen LogP) is 5.46. The van der Waals surface area contributed by atoms with Crippen LogP contribution in [0, 0.1) is 6.92 Å². The maximum absolute atomic E-state index is 12.8. The summed E-state index contributed by atoms with van der Waals surface area (Å²) in [5, 5.41) is 7.22. The molecule has 8 heteroatoms. The van der Waals surface area contributed by atoms with Crippen LogP contribution >= 0.6 is 0 Å². The lowest BCUT2D eigenvalue weighted by atomic mass is 9.89. The molecule has 1 aliphatic heterocycles. The molecule has 8 nitrogen and oxygen atoms in total. The molecule has 0 bridgehead atoms. The van der Waals surface area contributed by atoms with Crippen LogP contribution in [-0.2, 0) is 0 Å². The Balaban J connectivity index is 1.17. The first-order valence-corrected chi connectivity index (χ1v) is 12.5.